The van der Waals surface area contributed by atoms with Gasteiger partial charge in [-0.3, -0.25) is 4.84 Å². The van der Waals surface area contributed by atoms with Gasteiger partial charge < -0.3 is 19.5 Å². The van der Waals surface area contributed by atoms with Crippen LogP contribution in [0.2, 0.25) is 0 Å². The molecule has 0 spiro atoms. The first-order valence-corrected chi connectivity index (χ1v) is 8.10. The van der Waals surface area contributed by atoms with E-state index in [0.717, 1.165) is 0 Å². The maximum absolute atomic E-state index is 15.1. The number of aromatic nitrogens is 3. The summed E-state index contributed by atoms with van der Waals surface area (Å²) in [6.45, 7) is 2.60. The molecule has 2 aromatic heterocycles. The van der Waals surface area contributed by atoms with Gasteiger partial charge in [-0.1, -0.05) is 5.18 Å². The van der Waals surface area contributed by atoms with Gasteiger partial charge in [-0.2, -0.15) is 4.91 Å². The Kier molecular flexibility index (Phi) is 5.14. The summed E-state index contributed by atoms with van der Waals surface area (Å²) in [4.78, 5) is 24.2. The minimum absolute atomic E-state index is 0.195. The van der Waals surface area contributed by atoms with E-state index >= 15 is 4.39 Å². The second-order valence-corrected chi connectivity index (χ2v) is 6.11. The number of aliphatic hydroxyl groups is 2. The molecule has 2 aromatic rings. The van der Waals surface area contributed by atoms with E-state index in [4.69, 9.17) is 9.57 Å². The maximum atomic E-state index is 15.1. The lowest BCUT2D eigenvalue weighted by molar-refractivity contribution is -0.0564. The van der Waals surface area contributed by atoms with Crippen molar-refractivity contribution in [3.05, 3.63) is 23.0 Å². The Bertz CT molecular complexity index is 798. The third kappa shape index (κ3) is 2.92. The van der Waals surface area contributed by atoms with Crippen LogP contribution in [-0.2, 0) is 16.1 Å². The fourth-order valence-corrected chi connectivity index (χ4v) is 3.11. The Labute approximate surface area is 147 Å². The maximum Gasteiger partial charge on any atom is 0.181 e. The molecule has 1 aliphatic heterocycles. The lowest BCUT2D eigenvalue weighted by Crippen LogP contribution is -2.40. The monoisotopic (exact) mass is 369 g/mol. The summed E-state index contributed by atoms with van der Waals surface area (Å²) in [6.07, 6.45) is -1.13. The lowest BCUT2D eigenvalue weighted by Gasteiger charge is -2.25. The van der Waals surface area contributed by atoms with E-state index in [1.165, 1.54) is 24.0 Å². The van der Waals surface area contributed by atoms with Crippen molar-refractivity contribution in [1.82, 2.24) is 14.5 Å². The van der Waals surface area contributed by atoms with Crippen LogP contribution >= 0.6 is 0 Å². The molecule has 10 nitrogen and oxygen atoms in total. The Morgan fingerprint density at radius 3 is 2.92 bits per heavy atom. The summed E-state index contributed by atoms with van der Waals surface area (Å²) in [5.41, 5.74) is 1.19. The van der Waals surface area contributed by atoms with Crippen LogP contribution in [0.25, 0.3) is 11.0 Å². The van der Waals surface area contributed by atoms with E-state index in [0.29, 0.717) is 23.4 Å². The first-order chi connectivity index (χ1) is 12.5. The molecule has 3 N–H and O–H groups in total. The minimum Gasteiger partial charge on any atom is -0.394 e. The second kappa shape index (κ2) is 7.19. The molecule has 3 heterocycles. The quantitative estimate of drug-likeness (QED) is 0.487. The largest absolute Gasteiger partial charge is 0.394 e. The zero-order valence-electron chi connectivity index (χ0n) is 14.3. The number of nitrogens with zero attached hydrogens (tertiary/aromatic N) is 4. The zero-order chi connectivity index (χ0) is 18.9. The smallest absolute Gasteiger partial charge is 0.181 e. The Balaban J connectivity index is 2.14. The number of alkyl halides is 1. The zero-order valence-corrected chi connectivity index (χ0v) is 14.3. The summed E-state index contributed by atoms with van der Waals surface area (Å²) in [5.74, 6) is 0.298. The summed E-state index contributed by atoms with van der Waals surface area (Å²) in [6, 6.07) is 0. The van der Waals surface area contributed by atoms with E-state index in [9.17, 15) is 15.1 Å². The number of aliphatic hydroxyl groups excluding tert-OH is 2. The molecule has 3 rings (SSSR count). The average Bonchev–Trinajstić information content (AvgIpc) is 3.09. The number of nitroso groups, excluding NO2 is 1. The van der Waals surface area contributed by atoms with E-state index in [-0.39, 0.29) is 12.2 Å². The number of anilines is 1. The van der Waals surface area contributed by atoms with Gasteiger partial charge in [0.15, 0.2) is 17.7 Å². The van der Waals surface area contributed by atoms with Gasteiger partial charge in [0.2, 0.25) is 0 Å². The van der Waals surface area contributed by atoms with Gasteiger partial charge in [0.05, 0.1) is 18.6 Å². The molecule has 1 fully saturated rings. The van der Waals surface area contributed by atoms with Crippen molar-refractivity contribution in [2.75, 3.05) is 18.7 Å². The van der Waals surface area contributed by atoms with Crippen LogP contribution in [-0.4, -0.2) is 55.8 Å². The fourth-order valence-electron chi connectivity index (χ4n) is 3.11. The number of nitrogens with one attached hydrogen (secondary N) is 1. The summed E-state index contributed by atoms with van der Waals surface area (Å²) in [7, 11) is 0. The molecule has 26 heavy (non-hydrogen) atoms. The molecule has 0 radical (unpaired) electrons. The Morgan fingerprint density at radius 2 is 2.31 bits per heavy atom. The molecule has 11 heteroatoms. The van der Waals surface area contributed by atoms with E-state index < -0.39 is 30.7 Å². The number of hydrogen-bond donors (Lipinski definition) is 3. The molecular weight excluding hydrogens is 349 g/mol. The second-order valence-electron chi connectivity index (χ2n) is 6.11. The highest BCUT2D eigenvalue weighted by molar-refractivity contribution is 5.90. The van der Waals surface area contributed by atoms with Gasteiger partial charge in [0.1, 0.15) is 30.7 Å². The van der Waals surface area contributed by atoms with Crippen molar-refractivity contribution in [2.24, 2.45) is 5.18 Å². The van der Waals surface area contributed by atoms with Crippen LogP contribution in [0.5, 0.6) is 0 Å². The van der Waals surface area contributed by atoms with Crippen molar-refractivity contribution >= 4 is 16.9 Å². The number of hydrogen-bond acceptors (Lipinski definition) is 9. The summed E-state index contributed by atoms with van der Waals surface area (Å²) < 4.78 is 22.0. The highest BCUT2D eigenvalue weighted by Crippen LogP contribution is 2.43. The van der Waals surface area contributed by atoms with Crippen LogP contribution < -0.4 is 5.48 Å². The molecule has 0 bridgehead atoms. The molecule has 1 saturated heterocycles. The van der Waals surface area contributed by atoms with Crippen molar-refractivity contribution in [3.63, 3.8) is 0 Å². The predicted octanol–water partition coefficient (Wildman–Crippen LogP) is 1.04. The van der Waals surface area contributed by atoms with Crippen molar-refractivity contribution < 1.29 is 24.2 Å². The van der Waals surface area contributed by atoms with Gasteiger partial charge in [0.25, 0.3) is 0 Å². The van der Waals surface area contributed by atoms with Crippen molar-refractivity contribution in [3.8, 4) is 0 Å². The van der Waals surface area contributed by atoms with Crippen molar-refractivity contribution in [2.45, 2.75) is 44.5 Å². The highest BCUT2D eigenvalue weighted by atomic mass is 19.1. The molecule has 142 valence electrons. The van der Waals surface area contributed by atoms with Gasteiger partial charge >= 0.3 is 0 Å². The highest BCUT2D eigenvalue weighted by Gasteiger charge is 2.55. The van der Waals surface area contributed by atoms with Crippen LogP contribution in [0.4, 0.5) is 10.2 Å². The van der Waals surface area contributed by atoms with Gasteiger partial charge in [-0.25, -0.2) is 19.8 Å². The summed E-state index contributed by atoms with van der Waals surface area (Å²) in [5, 5.41) is 22.7. The average molecular weight is 369 g/mol. The SMILES string of the molecule is CCONc1ncnc2c1c(CN=O)cn2[C@@H]1OC(CO)C(O)[C@@]1(C)F. The van der Waals surface area contributed by atoms with Crippen LogP contribution in [0, 0.1) is 4.91 Å². The third-order valence-electron chi connectivity index (χ3n) is 4.39. The standard InChI is InChI=1S/C15H20FN5O5/c1-3-25-20-12-10-8(4-19-24)5-21(13(10)18-7-17-12)14-15(2,16)11(23)9(6-22)26-14/h5,7,9,11,14,22-23H,3-4,6H2,1-2H3,(H,17,18,20)/t9?,11?,14-,15-/m1/s1. The first kappa shape index (κ1) is 18.6. The third-order valence-corrected chi connectivity index (χ3v) is 4.39. The fraction of sp³-hybridized carbons (Fsp3) is 0.600. The molecule has 0 amide bonds. The molecule has 0 saturated carbocycles. The van der Waals surface area contributed by atoms with Crippen LogP contribution in [0.1, 0.15) is 25.6 Å². The first-order valence-electron chi connectivity index (χ1n) is 8.10. The molecule has 1 aliphatic rings. The number of ether oxygens (including phenoxy) is 1. The lowest BCUT2D eigenvalue weighted by atomic mass is 9.98. The van der Waals surface area contributed by atoms with Gasteiger partial charge in [-0.15, -0.1) is 0 Å². The summed E-state index contributed by atoms with van der Waals surface area (Å²) >= 11 is 0. The van der Waals surface area contributed by atoms with Gasteiger partial charge in [-0.05, 0) is 13.8 Å². The Hall–Kier alpha value is -2.21. The normalized spacial score (nSPS) is 28.6. The molecular formula is C15H20FN5O5. The van der Waals surface area contributed by atoms with Crippen molar-refractivity contribution in [1.29, 1.82) is 0 Å². The molecule has 0 aromatic carbocycles. The van der Waals surface area contributed by atoms with E-state index in [1.54, 1.807) is 6.92 Å². The minimum atomic E-state index is -2.19. The molecule has 2 unspecified atom stereocenters. The Morgan fingerprint density at radius 1 is 1.54 bits per heavy atom. The van der Waals surface area contributed by atoms with Crippen LogP contribution in [0.15, 0.2) is 17.7 Å². The number of halogens is 1. The number of fused-ring (bicyclic) bond motifs is 1. The molecule has 4 atom stereocenters. The van der Waals surface area contributed by atoms with Crippen LogP contribution in [0.3, 0.4) is 0 Å². The number of rotatable bonds is 7. The topological polar surface area (TPSA) is 131 Å². The molecule has 0 aliphatic carbocycles. The van der Waals surface area contributed by atoms with Gasteiger partial charge in [0, 0.05) is 11.8 Å². The van der Waals surface area contributed by atoms with E-state index in [2.05, 4.69) is 20.6 Å². The van der Waals surface area contributed by atoms with E-state index in [1.807, 2.05) is 0 Å². The predicted molar refractivity (Wildman–Crippen MR) is 88.8 cm³/mol.